The maximum absolute atomic E-state index is 10.9. The van der Waals surface area contributed by atoms with Gasteiger partial charge in [-0.05, 0) is 22.6 Å². The fourth-order valence-corrected chi connectivity index (χ4v) is 1.75. The molecule has 6 nitrogen and oxygen atoms in total. The van der Waals surface area contributed by atoms with Crippen molar-refractivity contribution in [2.75, 3.05) is 7.11 Å². The Bertz CT molecular complexity index is 578. The van der Waals surface area contributed by atoms with E-state index in [1.54, 1.807) is 18.6 Å². The van der Waals surface area contributed by atoms with Crippen molar-refractivity contribution in [2.45, 2.75) is 13.5 Å². The average Bonchev–Trinajstić information content (AvgIpc) is 2.71. The molecule has 94 valence electrons. The number of aromatic nitrogens is 2. The van der Waals surface area contributed by atoms with Crippen molar-refractivity contribution >= 4 is 5.82 Å². The molecule has 0 saturated carbocycles. The van der Waals surface area contributed by atoms with Crippen molar-refractivity contribution in [3.05, 3.63) is 52.0 Å². The number of benzene rings is 1. The maximum Gasteiger partial charge on any atom is 0.343 e. The number of imidazole rings is 1. The standard InChI is InChI=1S/C12H13N3O3/c1-9-13-7-12(15(16)17)14(9)8-10-4-3-5-11(6-10)18-2/h3-7H,8H2,1-2H3. The topological polar surface area (TPSA) is 70.2 Å². The number of methoxy groups -OCH3 is 1. The highest BCUT2D eigenvalue weighted by atomic mass is 16.6. The van der Waals surface area contributed by atoms with Gasteiger partial charge < -0.3 is 14.9 Å². The van der Waals surface area contributed by atoms with Gasteiger partial charge in [0.15, 0.2) is 5.82 Å². The summed E-state index contributed by atoms with van der Waals surface area (Å²) in [4.78, 5) is 14.4. The smallest absolute Gasteiger partial charge is 0.343 e. The van der Waals surface area contributed by atoms with Crippen molar-refractivity contribution in [3.63, 3.8) is 0 Å². The lowest BCUT2D eigenvalue weighted by atomic mass is 10.2. The summed E-state index contributed by atoms with van der Waals surface area (Å²) in [5.41, 5.74) is 0.929. The van der Waals surface area contributed by atoms with Crippen molar-refractivity contribution in [1.82, 2.24) is 9.55 Å². The first-order chi connectivity index (χ1) is 8.61. The molecule has 0 atom stereocenters. The third-order valence-corrected chi connectivity index (χ3v) is 2.70. The first-order valence-corrected chi connectivity index (χ1v) is 5.41. The molecule has 6 heteroatoms. The molecule has 1 aromatic carbocycles. The summed E-state index contributed by atoms with van der Waals surface area (Å²) in [6.45, 7) is 2.15. The number of nitro groups is 1. The van der Waals surface area contributed by atoms with E-state index in [-0.39, 0.29) is 5.82 Å². The average molecular weight is 247 g/mol. The molecule has 0 N–H and O–H groups in total. The van der Waals surface area contributed by atoms with Crippen LogP contribution in [0.15, 0.2) is 30.5 Å². The molecule has 0 aliphatic heterocycles. The molecule has 0 bridgehead atoms. The Labute approximate surface area is 104 Å². The minimum absolute atomic E-state index is 0.00433. The van der Waals surface area contributed by atoms with Crippen molar-refractivity contribution in [3.8, 4) is 5.75 Å². The Morgan fingerprint density at radius 1 is 1.50 bits per heavy atom. The SMILES string of the molecule is COc1cccc(Cn2c([N+](=O)[O-])cnc2C)c1. The lowest BCUT2D eigenvalue weighted by molar-refractivity contribution is -0.392. The Morgan fingerprint density at radius 2 is 2.28 bits per heavy atom. The fraction of sp³-hybridized carbons (Fsp3) is 0.250. The van der Waals surface area contributed by atoms with Crippen LogP contribution in [0.5, 0.6) is 5.75 Å². The van der Waals surface area contributed by atoms with Crippen LogP contribution in [0, 0.1) is 17.0 Å². The molecule has 0 aliphatic rings. The first kappa shape index (κ1) is 12.1. The van der Waals surface area contributed by atoms with E-state index in [0.29, 0.717) is 12.4 Å². The van der Waals surface area contributed by atoms with Gasteiger partial charge in [0.1, 0.15) is 18.5 Å². The molecule has 0 spiro atoms. The van der Waals surface area contributed by atoms with Gasteiger partial charge in [-0.3, -0.25) is 0 Å². The first-order valence-electron chi connectivity index (χ1n) is 5.41. The quantitative estimate of drug-likeness (QED) is 0.613. The molecule has 1 heterocycles. The molecular formula is C12H13N3O3. The predicted molar refractivity (Wildman–Crippen MR) is 65.7 cm³/mol. The monoisotopic (exact) mass is 247 g/mol. The zero-order chi connectivity index (χ0) is 13.1. The minimum Gasteiger partial charge on any atom is -0.497 e. The highest BCUT2D eigenvalue weighted by molar-refractivity contribution is 5.30. The maximum atomic E-state index is 10.9. The second kappa shape index (κ2) is 4.87. The zero-order valence-corrected chi connectivity index (χ0v) is 10.2. The molecule has 0 radical (unpaired) electrons. The van der Waals surface area contributed by atoms with Crippen LogP contribution in [0.1, 0.15) is 11.4 Å². The van der Waals surface area contributed by atoms with Gasteiger partial charge in [-0.15, -0.1) is 0 Å². The van der Waals surface area contributed by atoms with E-state index in [0.717, 1.165) is 11.3 Å². The molecule has 0 amide bonds. The summed E-state index contributed by atoms with van der Waals surface area (Å²) in [5.74, 6) is 1.34. The van der Waals surface area contributed by atoms with E-state index >= 15 is 0 Å². The summed E-state index contributed by atoms with van der Waals surface area (Å²) < 4.78 is 6.69. The number of ether oxygens (including phenoxy) is 1. The molecule has 0 unspecified atom stereocenters. The second-order valence-corrected chi connectivity index (χ2v) is 3.86. The Morgan fingerprint density at radius 3 is 2.94 bits per heavy atom. The predicted octanol–water partition coefficient (Wildman–Crippen LogP) is 2.16. The molecule has 2 aromatic rings. The van der Waals surface area contributed by atoms with Gasteiger partial charge in [0.25, 0.3) is 0 Å². The lowest BCUT2D eigenvalue weighted by Crippen LogP contribution is -2.06. The third kappa shape index (κ3) is 2.32. The highest BCUT2D eigenvalue weighted by Crippen LogP contribution is 2.18. The number of hydrogen-bond donors (Lipinski definition) is 0. The van der Waals surface area contributed by atoms with Gasteiger partial charge in [0.05, 0.1) is 7.11 Å². The third-order valence-electron chi connectivity index (χ3n) is 2.70. The van der Waals surface area contributed by atoms with Crippen LogP contribution in [-0.4, -0.2) is 21.6 Å². The van der Waals surface area contributed by atoms with Crippen LogP contribution in [0.4, 0.5) is 5.82 Å². The van der Waals surface area contributed by atoms with E-state index in [1.807, 2.05) is 24.3 Å². The van der Waals surface area contributed by atoms with E-state index in [1.165, 1.54) is 6.20 Å². The van der Waals surface area contributed by atoms with E-state index in [4.69, 9.17) is 4.74 Å². The molecule has 18 heavy (non-hydrogen) atoms. The number of nitrogens with zero attached hydrogens (tertiary/aromatic N) is 3. The summed E-state index contributed by atoms with van der Waals surface area (Å²) >= 11 is 0. The van der Waals surface area contributed by atoms with E-state index in [9.17, 15) is 10.1 Å². The molecule has 0 aliphatic carbocycles. The van der Waals surface area contributed by atoms with Crippen molar-refractivity contribution < 1.29 is 9.66 Å². The van der Waals surface area contributed by atoms with Gasteiger partial charge >= 0.3 is 5.82 Å². The van der Waals surface area contributed by atoms with Crippen LogP contribution < -0.4 is 4.74 Å². The van der Waals surface area contributed by atoms with Gasteiger partial charge in [0.2, 0.25) is 0 Å². The van der Waals surface area contributed by atoms with Crippen LogP contribution in [-0.2, 0) is 6.54 Å². The Balaban J connectivity index is 2.33. The summed E-state index contributed by atoms with van der Waals surface area (Å²) in [6, 6.07) is 7.43. The normalized spacial score (nSPS) is 10.3. The Kier molecular flexibility index (Phi) is 3.27. The van der Waals surface area contributed by atoms with Gasteiger partial charge in [-0.2, -0.15) is 0 Å². The van der Waals surface area contributed by atoms with Gasteiger partial charge in [-0.25, -0.2) is 9.55 Å². The van der Waals surface area contributed by atoms with E-state index < -0.39 is 4.92 Å². The Hall–Kier alpha value is -2.37. The minimum atomic E-state index is -0.430. The summed E-state index contributed by atoms with van der Waals surface area (Å²) in [7, 11) is 1.59. The van der Waals surface area contributed by atoms with Crippen LogP contribution in [0.2, 0.25) is 0 Å². The summed E-state index contributed by atoms with van der Waals surface area (Å²) in [6.07, 6.45) is 1.27. The van der Waals surface area contributed by atoms with Crippen LogP contribution in [0.3, 0.4) is 0 Å². The van der Waals surface area contributed by atoms with Crippen molar-refractivity contribution in [1.29, 1.82) is 0 Å². The molecule has 0 fully saturated rings. The fourth-order valence-electron chi connectivity index (χ4n) is 1.75. The number of hydrogen-bond acceptors (Lipinski definition) is 4. The zero-order valence-electron chi connectivity index (χ0n) is 10.2. The summed E-state index contributed by atoms with van der Waals surface area (Å²) in [5, 5.41) is 10.9. The second-order valence-electron chi connectivity index (χ2n) is 3.86. The number of aryl methyl sites for hydroxylation is 1. The highest BCUT2D eigenvalue weighted by Gasteiger charge is 2.17. The van der Waals surface area contributed by atoms with Crippen LogP contribution >= 0.6 is 0 Å². The van der Waals surface area contributed by atoms with Gasteiger partial charge in [0, 0.05) is 6.92 Å². The van der Waals surface area contributed by atoms with E-state index in [2.05, 4.69) is 4.98 Å². The van der Waals surface area contributed by atoms with Crippen LogP contribution in [0.25, 0.3) is 0 Å². The molecule has 0 saturated heterocycles. The number of rotatable bonds is 4. The largest absolute Gasteiger partial charge is 0.497 e. The lowest BCUT2D eigenvalue weighted by Gasteiger charge is -2.05. The molecular weight excluding hydrogens is 234 g/mol. The van der Waals surface area contributed by atoms with Crippen molar-refractivity contribution in [2.24, 2.45) is 0 Å². The molecule has 2 rings (SSSR count). The molecule has 1 aromatic heterocycles. The van der Waals surface area contributed by atoms with Gasteiger partial charge in [-0.1, -0.05) is 12.1 Å².